The first kappa shape index (κ1) is 23.8. The summed E-state index contributed by atoms with van der Waals surface area (Å²) in [6, 6.07) is 25.9. The fourth-order valence-electron chi connectivity index (χ4n) is 4.89. The van der Waals surface area contributed by atoms with Gasteiger partial charge in [-0.1, -0.05) is 55.5 Å². The van der Waals surface area contributed by atoms with Crippen LogP contribution in [0.15, 0.2) is 96.3 Å². The van der Waals surface area contributed by atoms with Crippen molar-refractivity contribution in [1.29, 1.82) is 5.26 Å². The summed E-state index contributed by atoms with van der Waals surface area (Å²) in [5.74, 6) is -0.0869. The molecule has 1 aliphatic rings. The maximum Gasteiger partial charge on any atom is 0.243 e. The van der Waals surface area contributed by atoms with Gasteiger partial charge in [0.25, 0.3) is 0 Å². The largest absolute Gasteiger partial charge is 0.364 e. The molecule has 5 rings (SSSR count). The first-order chi connectivity index (χ1) is 17.5. The topological polar surface area (TPSA) is 93.1 Å². The third kappa shape index (κ3) is 4.63. The van der Waals surface area contributed by atoms with Crippen molar-refractivity contribution in [3.63, 3.8) is 0 Å². The van der Waals surface area contributed by atoms with E-state index in [1.807, 2.05) is 48.7 Å². The number of H-pyrrole nitrogens is 1. The lowest BCUT2D eigenvalue weighted by atomic mass is 9.93. The van der Waals surface area contributed by atoms with Crippen molar-refractivity contribution >= 4 is 15.7 Å². The molecule has 8 heteroatoms. The van der Waals surface area contributed by atoms with E-state index in [4.69, 9.17) is 0 Å². The van der Waals surface area contributed by atoms with E-state index < -0.39 is 10.0 Å². The number of imidazole rings is 1. The van der Waals surface area contributed by atoms with Crippen molar-refractivity contribution in [1.82, 2.24) is 14.3 Å². The molecule has 1 aromatic heterocycles. The van der Waals surface area contributed by atoms with Gasteiger partial charge in [0, 0.05) is 31.0 Å². The van der Waals surface area contributed by atoms with Gasteiger partial charge in [-0.25, -0.2) is 13.4 Å². The second-order valence-electron chi connectivity index (χ2n) is 9.03. The summed E-state index contributed by atoms with van der Waals surface area (Å²) in [6.45, 7) is 3.23. The van der Waals surface area contributed by atoms with E-state index in [0.717, 1.165) is 22.5 Å². The molecule has 4 aromatic rings. The highest BCUT2D eigenvalue weighted by atomic mass is 32.2. The molecule has 36 heavy (non-hydrogen) atoms. The first-order valence-corrected chi connectivity index (χ1v) is 13.3. The van der Waals surface area contributed by atoms with Crippen LogP contribution in [0.1, 0.15) is 35.2 Å². The number of benzene rings is 3. The number of aromatic amines is 1. The van der Waals surface area contributed by atoms with E-state index in [1.54, 1.807) is 47.0 Å². The zero-order valence-corrected chi connectivity index (χ0v) is 20.8. The van der Waals surface area contributed by atoms with Crippen LogP contribution in [-0.4, -0.2) is 35.3 Å². The number of hydrogen-bond acceptors (Lipinski definition) is 5. The van der Waals surface area contributed by atoms with Crippen LogP contribution in [0.2, 0.25) is 0 Å². The maximum atomic E-state index is 14.1. The van der Waals surface area contributed by atoms with Gasteiger partial charge < -0.3 is 9.88 Å². The number of sulfonamides is 1. The summed E-state index contributed by atoms with van der Waals surface area (Å²) in [5.41, 5.74) is 4.13. The predicted octanol–water partition coefficient (Wildman–Crippen LogP) is 4.66. The Morgan fingerprint density at radius 2 is 1.81 bits per heavy atom. The van der Waals surface area contributed by atoms with Crippen LogP contribution in [0.25, 0.3) is 0 Å². The highest BCUT2D eigenvalue weighted by molar-refractivity contribution is 7.89. The van der Waals surface area contributed by atoms with E-state index in [0.29, 0.717) is 18.7 Å². The van der Waals surface area contributed by atoms with Crippen molar-refractivity contribution in [2.45, 2.75) is 36.9 Å². The second kappa shape index (κ2) is 9.97. The molecule has 1 N–H and O–H groups in total. The smallest absolute Gasteiger partial charge is 0.243 e. The van der Waals surface area contributed by atoms with Crippen molar-refractivity contribution in [2.75, 3.05) is 11.4 Å². The lowest BCUT2D eigenvalue weighted by Gasteiger charge is -2.36. The summed E-state index contributed by atoms with van der Waals surface area (Å²) in [7, 11) is -3.83. The summed E-state index contributed by atoms with van der Waals surface area (Å²) in [5, 5.41) is 9.57. The van der Waals surface area contributed by atoms with Crippen LogP contribution in [0.5, 0.6) is 0 Å². The second-order valence-corrected chi connectivity index (χ2v) is 10.9. The molecule has 182 valence electrons. The third-order valence-electron chi connectivity index (χ3n) is 6.81. The lowest BCUT2D eigenvalue weighted by Crippen LogP contribution is -2.47. The molecular weight excluding hydrogens is 470 g/mol. The fraction of sp³-hybridized carbons (Fsp3) is 0.214. The number of fused-ring (bicyclic) bond motifs is 1. The van der Waals surface area contributed by atoms with E-state index in [1.165, 1.54) is 0 Å². The van der Waals surface area contributed by atoms with E-state index in [9.17, 15) is 13.7 Å². The molecule has 2 atom stereocenters. The van der Waals surface area contributed by atoms with E-state index in [-0.39, 0.29) is 23.4 Å². The summed E-state index contributed by atoms with van der Waals surface area (Å²) >= 11 is 0. The Morgan fingerprint density at radius 3 is 2.47 bits per heavy atom. The van der Waals surface area contributed by atoms with Gasteiger partial charge in [-0.15, -0.1) is 0 Å². The number of nitriles is 1. The quantitative estimate of drug-likeness (QED) is 0.418. The average molecular weight is 498 g/mol. The molecule has 0 radical (unpaired) electrons. The molecule has 0 unspecified atom stereocenters. The highest BCUT2D eigenvalue weighted by Crippen LogP contribution is 2.37. The molecule has 3 aromatic carbocycles. The van der Waals surface area contributed by atoms with Gasteiger partial charge in [0.1, 0.15) is 0 Å². The molecule has 7 nitrogen and oxygen atoms in total. The van der Waals surface area contributed by atoms with Gasteiger partial charge in [-0.05, 0) is 47.4 Å². The van der Waals surface area contributed by atoms with Crippen LogP contribution in [0, 0.1) is 11.3 Å². The van der Waals surface area contributed by atoms with Gasteiger partial charge in [0.05, 0.1) is 35.1 Å². The number of anilines is 1. The van der Waals surface area contributed by atoms with E-state index >= 15 is 0 Å². The van der Waals surface area contributed by atoms with Gasteiger partial charge in [0.15, 0.2) is 0 Å². The Morgan fingerprint density at radius 1 is 1.08 bits per heavy atom. The standard InChI is InChI=1S/C28H27N5O2S/c1-21(23-8-4-2-5-9-23)28-19-32(18-25-16-30-20-31-25)27-13-12-22(15-29)14-24(27)17-33(28)36(34,35)26-10-6-3-7-11-26/h2-14,16,20-21,28H,17-19H2,1H3,(H,30,31)/t21-,28-/m1/s1. The molecule has 0 fully saturated rings. The van der Waals surface area contributed by atoms with Gasteiger partial charge >= 0.3 is 0 Å². The molecule has 2 heterocycles. The molecule has 0 saturated carbocycles. The number of hydrogen-bond donors (Lipinski definition) is 1. The van der Waals surface area contributed by atoms with Gasteiger partial charge in [0.2, 0.25) is 10.0 Å². The monoisotopic (exact) mass is 497 g/mol. The summed E-state index contributed by atoms with van der Waals surface area (Å²) in [4.78, 5) is 9.85. The van der Waals surface area contributed by atoms with E-state index in [2.05, 4.69) is 27.9 Å². The van der Waals surface area contributed by atoms with Crippen LogP contribution >= 0.6 is 0 Å². The van der Waals surface area contributed by atoms with Gasteiger partial charge in [-0.2, -0.15) is 9.57 Å². The molecule has 0 saturated heterocycles. The van der Waals surface area contributed by atoms with Crippen molar-refractivity contribution in [3.05, 3.63) is 114 Å². The maximum absolute atomic E-state index is 14.1. The molecule has 0 spiro atoms. The number of nitrogens with one attached hydrogen (secondary N) is 1. The lowest BCUT2D eigenvalue weighted by molar-refractivity contribution is 0.288. The fourth-order valence-corrected chi connectivity index (χ4v) is 6.58. The van der Waals surface area contributed by atoms with Crippen LogP contribution < -0.4 is 4.90 Å². The molecular formula is C28H27N5O2S. The Kier molecular flexibility index (Phi) is 6.59. The van der Waals surface area contributed by atoms with Crippen LogP contribution in [0.4, 0.5) is 5.69 Å². The Hall–Kier alpha value is -3.93. The zero-order valence-electron chi connectivity index (χ0n) is 19.9. The molecule has 0 amide bonds. The van der Waals surface area contributed by atoms with Crippen molar-refractivity contribution in [2.24, 2.45) is 0 Å². The first-order valence-electron chi connectivity index (χ1n) is 11.8. The average Bonchev–Trinajstić information content (AvgIpc) is 3.37. The summed E-state index contributed by atoms with van der Waals surface area (Å²) < 4.78 is 29.8. The zero-order chi connectivity index (χ0) is 25.1. The molecule has 0 bridgehead atoms. The number of rotatable bonds is 6. The normalized spacial score (nSPS) is 17.1. The van der Waals surface area contributed by atoms with Crippen LogP contribution in [-0.2, 0) is 23.1 Å². The summed E-state index contributed by atoms with van der Waals surface area (Å²) in [6.07, 6.45) is 3.49. The highest BCUT2D eigenvalue weighted by Gasteiger charge is 2.39. The SMILES string of the molecule is C[C@H](c1ccccc1)[C@H]1CN(Cc2c[nH]cn2)c2ccc(C#N)cc2CN1S(=O)(=O)c1ccccc1. The predicted molar refractivity (Wildman–Crippen MR) is 139 cm³/mol. The Bertz CT molecular complexity index is 1470. The molecule has 1 aliphatic heterocycles. The minimum atomic E-state index is -3.83. The number of nitrogens with zero attached hydrogens (tertiary/aromatic N) is 4. The Balaban J connectivity index is 1.66. The van der Waals surface area contributed by atoms with Gasteiger partial charge in [-0.3, -0.25) is 0 Å². The minimum Gasteiger partial charge on any atom is -0.364 e. The van der Waals surface area contributed by atoms with Crippen LogP contribution in [0.3, 0.4) is 0 Å². The van der Waals surface area contributed by atoms with Crippen molar-refractivity contribution < 1.29 is 8.42 Å². The van der Waals surface area contributed by atoms with Crippen molar-refractivity contribution in [3.8, 4) is 6.07 Å². The Labute approximate surface area is 211 Å². The third-order valence-corrected chi connectivity index (χ3v) is 8.70. The number of aromatic nitrogens is 2. The molecule has 0 aliphatic carbocycles. The minimum absolute atomic E-state index is 0.0869.